The Bertz CT molecular complexity index is 990. The second-order valence-corrected chi connectivity index (χ2v) is 8.70. The van der Waals surface area contributed by atoms with Crippen molar-refractivity contribution in [1.29, 1.82) is 0 Å². The lowest BCUT2D eigenvalue weighted by Gasteiger charge is -2.34. The average molecular weight is 440 g/mol. The number of benzene rings is 2. The molecule has 0 aromatic heterocycles. The van der Waals surface area contributed by atoms with Crippen LogP contribution in [0.2, 0.25) is 0 Å². The Kier molecular flexibility index (Phi) is 6.46. The first-order valence-electron chi connectivity index (χ1n) is 10.3. The number of carbonyl (C=O) groups is 3. The van der Waals surface area contributed by atoms with Gasteiger partial charge in [-0.15, -0.1) is 11.8 Å². The summed E-state index contributed by atoms with van der Waals surface area (Å²) in [5, 5.41) is 2.01. The molecule has 3 amide bonds. The molecular weight excluding hydrogens is 414 g/mol. The molecule has 0 saturated carbocycles. The molecule has 1 fully saturated rings. The van der Waals surface area contributed by atoms with Gasteiger partial charge in [-0.25, -0.2) is 0 Å². The molecule has 1 N–H and O–H groups in total. The van der Waals surface area contributed by atoms with Gasteiger partial charge >= 0.3 is 0 Å². The first-order chi connectivity index (χ1) is 15.1. The summed E-state index contributed by atoms with van der Waals surface area (Å²) in [6.07, 6.45) is 1.93. The van der Waals surface area contributed by atoms with Gasteiger partial charge in [0.1, 0.15) is 12.3 Å². The monoisotopic (exact) mass is 439 g/mol. The molecule has 31 heavy (non-hydrogen) atoms. The summed E-state index contributed by atoms with van der Waals surface area (Å²) < 4.78 is 5.21. The summed E-state index contributed by atoms with van der Waals surface area (Å²) in [5.41, 5.74) is 1.57. The number of hydrogen-bond donors (Lipinski definition) is 1. The first-order valence-corrected chi connectivity index (χ1v) is 11.2. The summed E-state index contributed by atoms with van der Waals surface area (Å²) in [7, 11) is 1.59. The Balaban J connectivity index is 1.48. The third-order valence-electron chi connectivity index (χ3n) is 5.46. The molecule has 0 radical (unpaired) electrons. The molecule has 0 spiro atoms. The smallest absolute Gasteiger partial charge is 0.250 e. The number of thioether (sulfide) groups is 1. The zero-order valence-electron chi connectivity index (χ0n) is 17.4. The van der Waals surface area contributed by atoms with E-state index in [0.717, 1.165) is 23.3 Å². The maximum absolute atomic E-state index is 13.2. The Hall–Kier alpha value is -3.00. The molecular formula is C23H25N3O4S. The van der Waals surface area contributed by atoms with E-state index >= 15 is 0 Å². The van der Waals surface area contributed by atoms with E-state index in [2.05, 4.69) is 5.32 Å². The summed E-state index contributed by atoms with van der Waals surface area (Å²) in [6.45, 7) is 1.56. The number of fused-ring (bicyclic) bond motifs is 1. The fraction of sp³-hybridized carbons (Fsp3) is 0.348. The second-order valence-electron chi connectivity index (χ2n) is 7.55. The van der Waals surface area contributed by atoms with E-state index in [1.54, 1.807) is 12.0 Å². The number of para-hydroxylation sites is 1. The van der Waals surface area contributed by atoms with E-state index in [1.165, 1.54) is 16.7 Å². The predicted octanol–water partition coefficient (Wildman–Crippen LogP) is 2.44. The van der Waals surface area contributed by atoms with E-state index in [4.69, 9.17) is 4.74 Å². The number of carbonyl (C=O) groups excluding carboxylic acids is 3. The van der Waals surface area contributed by atoms with E-state index < -0.39 is 5.25 Å². The van der Waals surface area contributed by atoms with Crippen LogP contribution < -0.4 is 15.0 Å². The van der Waals surface area contributed by atoms with Crippen LogP contribution in [0.3, 0.4) is 0 Å². The maximum atomic E-state index is 13.2. The van der Waals surface area contributed by atoms with Crippen LogP contribution >= 0.6 is 11.8 Å². The number of nitrogens with one attached hydrogen (secondary N) is 1. The van der Waals surface area contributed by atoms with Gasteiger partial charge in [0.25, 0.3) is 5.91 Å². The Morgan fingerprint density at radius 1 is 1.13 bits per heavy atom. The largest absolute Gasteiger partial charge is 0.497 e. The van der Waals surface area contributed by atoms with Crippen molar-refractivity contribution in [2.75, 3.05) is 31.6 Å². The fourth-order valence-corrected chi connectivity index (χ4v) is 5.01. The minimum Gasteiger partial charge on any atom is -0.497 e. The number of ether oxygens (including phenoxy) is 1. The molecule has 1 atom stereocenters. The second kappa shape index (κ2) is 9.43. The highest BCUT2D eigenvalue weighted by Gasteiger charge is 2.41. The molecule has 7 nitrogen and oxygen atoms in total. The van der Waals surface area contributed by atoms with Crippen LogP contribution in [0.25, 0.3) is 0 Å². The molecule has 4 rings (SSSR count). The zero-order valence-corrected chi connectivity index (χ0v) is 18.2. The van der Waals surface area contributed by atoms with Crippen LogP contribution in [-0.2, 0) is 20.9 Å². The lowest BCUT2D eigenvalue weighted by Crippen LogP contribution is -2.51. The van der Waals surface area contributed by atoms with E-state index in [9.17, 15) is 14.4 Å². The van der Waals surface area contributed by atoms with Gasteiger partial charge in [0.05, 0.1) is 12.8 Å². The third-order valence-corrected chi connectivity index (χ3v) is 6.70. The van der Waals surface area contributed by atoms with Crippen molar-refractivity contribution in [2.24, 2.45) is 0 Å². The maximum Gasteiger partial charge on any atom is 0.250 e. The Morgan fingerprint density at radius 3 is 2.68 bits per heavy atom. The number of amides is 3. The van der Waals surface area contributed by atoms with Crippen molar-refractivity contribution in [3.8, 4) is 5.75 Å². The lowest BCUT2D eigenvalue weighted by atomic mass is 10.2. The minimum atomic E-state index is -0.848. The molecule has 0 unspecified atom stereocenters. The van der Waals surface area contributed by atoms with Crippen molar-refractivity contribution >= 4 is 35.2 Å². The standard InChI is InChI=1S/C23H25N3O4S/c1-30-17-8-6-7-16(13-17)14-24-20(27)15-26-18-9-2-3-10-19(18)31-21(23(26)29)22(28)25-11-4-5-12-25/h2-3,6-10,13,21H,4-5,11-12,14-15H2,1H3,(H,24,27)/t21-/m0/s1. The van der Waals surface area contributed by atoms with E-state index in [-0.39, 0.29) is 24.3 Å². The van der Waals surface area contributed by atoms with Gasteiger partial charge in [-0.2, -0.15) is 0 Å². The summed E-state index contributed by atoms with van der Waals surface area (Å²) in [5.74, 6) is -0.0710. The molecule has 2 aromatic carbocycles. The number of methoxy groups -OCH3 is 1. The molecule has 0 bridgehead atoms. The van der Waals surface area contributed by atoms with Crippen molar-refractivity contribution in [3.63, 3.8) is 0 Å². The van der Waals surface area contributed by atoms with Crippen LogP contribution in [-0.4, -0.2) is 54.6 Å². The normalized spacial score (nSPS) is 18.0. The van der Waals surface area contributed by atoms with Gasteiger partial charge in [0.2, 0.25) is 11.8 Å². The number of likely N-dealkylation sites (tertiary alicyclic amines) is 1. The van der Waals surface area contributed by atoms with Crippen LogP contribution in [0.1, 0.15) is 18.4 Å². The van der Waals surface area contributed by atoms with Gasteiger partial charge in [0, 0.05) is 24.5 Å². The Labute approximate surface area is 185 Å². The van der Waals surface area contributed by atoms with Gasteiger partial charge < -0.3 is 19.9 Å². The van der Waals surface area contributed by atoms with Gasteiger partial charge in [-0.05, 0) is 42.7 Å². The van der Waals surface area contributed by atoms with Crippen LogP contribution in [0, 0.1) is 0 Å². The summed E-state index contributed by atoms with van der Waals surface area (Å²) in [4.78, 5) is 42.9. The summed E-state index contributed by atoms with van der Waals surface area (Å²) >= 11 is 1.28. The molecule has 2 aliphatic heterocycles. The highest BCUT2D eigenvalue weighted by Crippen LogP contribution is 2.39. The van der Waals surface area contributed by atoms with Crippen molar-refractivity contribution in [2.45, 2.75) is 29.5 Å². The van der Waals surface area contributed by atoms with Gasteiger partial charge in [-0.1, -0.05) is 24.3 Å². The first kappa shape index (κ1) is 21.2. The minimum absolute atomic E-state index is 0.135. The van der Waals surface area contributed by atoms with Crippen LogP contribution in [0.15, 0.2) is 53.4 Å². The van der Waals surface area contributed by atoms with Gasteiger partial charge in [0.15, 0.2) is 5.25 Å². The highest BCUT2D eigenvalue weighted by atomic mass is 32.2. The molecule has 8 heteroatoms. The molecule has 162 valence electrons. The zero-order chi connectivity index (χ0) is 21.8. The number of rotatable bonds is 6. The van der Waals surface area contributed by atoms with Gasteiger partial charge in [-0.3, -0.25) is 14.4 Å². The number of hydrogen-bond acceptors (Lipinski definition) is 5. The highest BCUT2D eigenvalue weighted by molar-refractivity contribution is 8.01. The van der Waals surface area contributed by atoms with Crippen molar-refractivity contribution in [1.82, 2.24) is 10.2 Å². The SMILES string of the molecule is COc1cccc(CNC(=O)CN2C(=O)[C@H](C(=O)N3CCCC3)Sc3ccccc32)c1. The molecule has 2 heterocycles. The topological polar surface area (TPSA) is 79.0 Å². The van der Waals surface area contributed by atoms with E-state index in [0.29, 0.717) is 31.1 Å². The molecule has 0 aliphatic carbocycles. The Morgan fingerprint density at radius 2 is 1.90 bits per heavy atom. The van der Waals surface area contributed by atoms with E-state index in [1.807, 2.05) is 48.5 Å². The quantitative estimate of drug-likeness (QED) is 0.700. The van der Waals surface area contributed by atoms with Crippen LogP contribution in [0.4, 0.5) is 5.69 Å². The number of nitrogens with zero attached hydrogens (tertiary/aromatic N) is 2. The molecule has 2 aliphatic rings. The predicted molar refractivity (Wildman–Crippen MR) is 119 cm³/mol. The lowest BCUT2D eigenvalue weighted by molar-refractivity contribution is -0.134. The third kappa shape index (κ3) is 4.69. The number of anilines is 1. The summed E-state index contributed by atoms with van der Waals surface area (Å²) in [6, 6.07) is 14.8. The fourth-order valence-electron chi connectivity index (χ4n) is 3.82. The van der Waals surface area contributed by atoms with Crippen LogP contribution in [0.5, 0.6) is 5.75 Å². The average Bonchev–Trinajstić information content (AvgIpc) is 3.34. The molecule has 2 aromatic rings. The molecule has 1 saturated heterocycles. The van der Waals surface area contributed by atoms with Crippen molar-refractivity contribution in [3.05, 3.63) is 54.1 Å². The van der Waals surface area contributed by atoms with Crippen molar-refractivity contribution < 1.29 is 19.1 Å².